The number of rotatable bonds is 10. The fourth-order valence-electron chi connectivity index (χ4n) is 2.93. The first-order valence-electron chi connectivity index (χ1n) is 9.85. The van der Waals surface area contributed by atoms with Crippen LogP contribution in [-0.4, -0.2) is 46.8 Å². The van der Waals surface area contributed by atoms with Gasteiger partial charge in [0.25, 0.3) is 0 Å². The van der Waals surface area contributed by atoms with Gasteiger partial charge in [-0.25, -0.2) is 13.2 Å². The van der Waals surface area contributed by atoms with E-state index in [9.17, 15) is 18.0 Å². The predicted octanol–water partition coefficient (Wildman–Crippen LogP) is 3.37. The number of amides is 1. The van der Waals surface area contributed by atoms with Gasteiger partial charge < -0.3 is 14.8 Å². The van der Waals surface area contributed by atoms with Crippen LogP contribution in [0.1, 0.15) is 35.7 Å². The summed E-state index contributed by atoms with van der Waals surface area (Å²) in [6.07, 6.45) is 1.56. The average molecular weight is 449 g/mol. The molecule has 0 unspecified atom stereocenters. The number of aryl methyl sites for hydroxylation is 1. The van der Waals surface area contributed by atoms with E-state index in [-0.39, 0.29) is 25.5 Å². The molecule has 168 valence electrons. The summed E-state index contributed by atoms with van der Waals surface area (Å²) in [5.41, 5.74) is 2.18. The molecule has 0 aliphatic heterocycles. The van der Waals surface area contributed by atoms with Crippen molar-refractivity contribution in [2.45, 2.75) is 26.7 Å². The lowest BCUT2D eigenvalue weighted by atomic mass is 10.1. The second-order valence-electron chi connectivity index (χ2n) is 6.94. The number of methoxy groups -OCH3 is 1. The largest absolute Gasteiger partial charge is 0.497 e. The van der Waals surface area contributed by atoms with Crippen LogP contribution in [0.4, 0.5) is 11.4 Å². The molecule has 0 aromatic heterocycles. The lowest BCUT2D eigenvalue weighted by molar-refractivity contribution is -0.116. The standard InChI is InChI=1S/C22H28N2O6S/c1-5-30-22(26)17-9-8-16(2)20(15-17)23-21(25)7-6-14-24(31(4,27)28)18-10-12-19(29-3)13-11-18/h8-13,15H,5-7,14H2,1-4H3,(H,23,25). The van der Waals surface area contributed by atoms with Crippen LogP contribution in [0.2, 0.25) is 0 Å². The number of sulfonamides is 1. The lowest BCUT2D eigenvalue weighted by Gasteiger charge is -2.22. The molecule has 8 nitrogen and oxygen atoms in total. The second-order valence-corrected chi connectivity index (χ2v) is 8.84. The minimum absolute atomic E-state index is 0.116. The Kier molecular flexibility index (Phi) is 8.44. The molecule has 0 spiro atoms. The highest BCUT2D eigenvalue weighted by Crippen LogP contribution is 2.22. The Bertz CT molecular complexity index is 1020. The molecule has 0 radical (unpaired) electrons. The van der Waals surface area contributed by atoms with E-state index in [1.807, 2.05) is 6.92 Å². The molecule has 2 aromatic carbocycles. The van der Waals surface area contributed by atoms with Crippen LogP contribution < -0.4 is 14.4 Å². The third kappa shape index (κ3) is 6.99. The molecule has 0 heterocycles. The molecule has 0 saturated carbocycles. The van der Waals surface area contributed by atoms with Crippen LogP contribution in [-0.2, 0) is 19.6 Å². The number of benzene rings is 2. The number of nitrogens with zero attached hydrogens (tertiary/aromatic N) is 1. The summed E-state index contributed by atoms with van der Waals surface area (Å²) in [6, 6.07) is 11.6. The maximum absolute atomic E-state index is 12.4. The van der Waals surface area contributed by atoms with Gasteiger partial charge in [0.15, 0.2) is 0 Å². The highest BCUT2D eigenvalue weighted by atomic mass is 32.2. The fourth-order valence-corrected chi connectivity index (χ4v) is 3.89. The molecule has 0 aliphatic rings. The van der Waals surface area contributed by atoms with Gasteiger partial charge in [-0.15, -0.1) is 0 Å². The summed E-state index contributed by atoms with van der Waals surface area (Å²) in [7, 11) is -1.98. The first kappa shape index (κ1) is 24.2. The number of carbonyl (C=O) groups excluding carboxylic acids is 2. The molecule has 0 atom stereocenters. The molecule has 1 amide bonds. The number of ether oxygens (including phenoxy) is 2. The maximum Gasteiger partial charge on any atom is 0.338 e. The van der Waals surface area contributed by atoms with Crippen molar-refractivity contribution in [2.75, 3.05) is 36.1 Å². The maximum atomic E-state index is 12.4. The second kappa shape index (κ2) is 10.8. The monoisotopic (exact) mass is 448 g/mol. The predicted molar refractivity (Wildman–Crippen MR) is 120 cm³/mol. The summed E-state index contributed by atoms with van der Waals surface area (Å²) < 4.78 is 35.7. The Balaban J connectivity index is 2.01. The van der Waals surface area contributed by atoms with Gasteiger partial charge in [-0.2, -0.15) is 0 Å². The smallest absolute Gasteiger partial charge is 0.338 e. The van der Waals surface area contributed by atoms with Crippen LogP contribution >= 0.6 is 0 Å². The average Bonchev–Trinajstić information content (AvgIpc) is 2.72. The quantitative estimate of drug-likeness (QED) is 0.559. The molecule has 2 rings (SSSR count). The van der Waals surface area contributed by atoms with Crippen molar-refractivity contribution in [2.24, 2.45) is 0 Å². The van der Waals surface area contributed by atoms with E-state index in [1.54, 1.807) is 49.4 Å². The Labute approximate surface area is 183 Å². The molecule has 0 saturated heterocycles. The molecule has 31 heavy (non-hydrogen) atoms. The highest BCUT2D eigenvalue weighted by Gasteiger charge is 2.18. The van der Waals surface area contributed by atoms with E-state index >= 15 is 0 Å². The van der Waals surface area contributed by atoms with Crippen LogP contribution in [0.5, 0.6) is 5.75 Å². The van der Waals surface area contributed by atoms with Crippen LogP contribution in [0.3, 0.4) is 0 Å². The van der Waals surface area contributed by atoms with E-state index in [1.165, 1.54) is 11.4 Å². The zero-order chi connectivity index (χ0) is 23.0. The normalized spacial score (nSPS) is 11.0. The number of anilines is 2. The van der Waals surface area contributed by atoms with Crippen molar-refractivity contribution in [1.82, 2.24) is 0 Å². The summed E-state index contributed by atoms with van der Waals surface area (Å²) >= 11 is 0. The zero-order valence-electron chi connectivity index (χ0n) is 18.2. The van der Waals surface area contributed by atoms with Crippen LogP contribution in [0, 0.1) is 6.92 Å². The van der Waals surface area contributed by atoms with Gasteiger partial charge >= 0.3 is 5.97 Å². The van der Waals surface area contributed by atoms with E-state index in [4.69, 9.17) is 9.47 Å². The highest BCUT2D eigenvalue weighted by molar-refractivity contribution is 7.92. The van der Waals surface area contributed by atoms with Crippen LogP contribution in [0.15, 0.2) is 42.5 Å². The van der Waals surface area contributed by atoms with Gasteiger partial charge in [-0.3, -0.25) is 9.10 Å². The molecule has 1 N–H and O–H groups in total. The summed E-state index contributed by atoms with van der Waals surface area (Å²) in [5, 5.41) is 2.78. The van der Waals surface area contributed by atoms with Gasteiger partial charge in [0, 0.05) is 18.7 Å². The van der Waals surface area contributed by atoms with Gasteiger partial charge in [-0.1, -0.05) is 6.07 Å². The van der Waals surface area contributed by atoms with E-state index in [0.717, 1.165) is 11.8 Å². The van der Waals surface area contributed by atoms with Crippen LogP contribution in [0.25, 0.3) is 0 Å². The van der Waals surface area contributed by atoms with Gasteiger partial charge in [0.05, 0.1) is 31.2 Å². The third-order valence-corrected chi connectivity index (χ3v) is 5.74. The number of esters is 1. The third-order valence-electron chi connectivity index (χ3n) is 4.55. The van der Waals surface area contributed by atoms with E-state index in [0.29, 0.717) is 29.1 Å². The van der Waals surface area contributed by atoms with E-state index < -0.39 is 16.0 Å². The van der Waals surface area contributed by atoms with Crippen molar-refractivity contribution in [3.63, 3.8) is 0 Å². The van der Waals surface area contributed by atoms with Gasteiger partial charge in [0.1, 0.15) is 5.75 Å². The van der Waals surface area contributed by atoms with Crippen molar-refractivity contribution in [3.05, 3.63) is 53.6 Å². The minimum atomic E-state index is -3.51. The Hall–Kier alpha value is -3.07. The first-order chi connectivity index (χ1) is 14.7. The number of nitrogens with one attached hydrogen (secondary N) is 1. The Morgan fingerprint density at radius 2 is 1.77 bits per heavy atom. The lowest BCUT2D eigenvalue weighted by Crippen LogP contribution is -2.31. The molecule has 2 aromatic rings. The Morgan fingerprint density at radius 1 is 1.10 bits per heavy atom. The number of hydrogen-bond acceptors (Lipinski definition) is 6. The van der Waals surface area contributed by atoms with Crippen molar-refractivity contribution in [3.8, 4) is 5.75 Å². The summed E-state index contributed by atoms with van der Waals surface area (Å²) in [4.78, 5) is 24.3. The molecule has 9 heteroatoms. The van der Waals surface area contributed by atoms with Crippen molar-refractivity contribution in [1.29, 1.82) is 0 Å². The van der Waals surface area contributed by atoms with Crippen molar-refractivity contribution >= 4 is 33.3 Å². The SMILES string of the molecule is CCOC(=O)c1ccc(C)c(NC(=O)CCCN(c2ccc(OC)cc2)S(C)(=O)=O)c1. The number of hydrogen-bond donors (Lipinski definition) is 1. The topological polar surface area (TPSA) is 102 Å². The Morgan fingerprint density at radius 3 is 2.35 bits per heavy atom. The van der Waals surface area contributed by atoms with Gasteiger partial charge in [0.2, 0.25) is 15.9 Å². The first-order valence-corrected chi connectivity index (χ1v) is 11.7. The number of carbonyl (C=O) groups is 2. The van der Waals surface area contributed by atoms with Crippen molar-refractivity contribution < 1.29 is 27.5 Å². The van der Waals surface area contributed by atoms with Gasteiger partial charge in [-0.05, 0) is 62.2 Å². The summed E-state index contributed by atoms with van der Waals surface area (Å²) in [6.45, 7) is 3.96. The van der Waals surface area contributed by atoms with E-state index in [2.05, 4.69) is 5.32 Å². The fraction of sp³-hybridized carbons (Fsp3) is 0.364. The summed E-state index contributed by atoms with van der Waals surface area (Å²) in [5.74, 6) is -0.106. The molecular formula is C22H28N2O6S. The molecule has 0 bridgehead atoms. The zero-order valence-corrected chi connectivity index (χ0v) is 19.0. The molecule has 0 aliphatic carbocycles. The molecular weight excluding hydrogens is 420 g/mol. The molecule has 0 fully saturated rings. The minimum Gasteiger partial charge on any atom is -0.497 e.